The van der Waals surface area contributed by atoms with Crippen LogP contribution in [0.2, 0.25) is 0 Å². The first-order chi connectivity index (χ1) is 11.7. The molecular formula is C19H18N2O3. The summed E-state index contributed by atoms with van der Waals surface area (Å²) in [5.74, 6) is 0.188. The van der Waals surface area contributed by atoms with Crippen LogP contribution in [-0.4, -0.2) is 24.5 Å². The number of fused-ring (bicyclic) bond motifs is 2. The topological polar surface area (TPSA) is 67.4 Å². The minimum absolute atomic E-state index is 0.0565. The van der Waals surface area contributed by atoms with E-state index < -0.39 is 5.92 Å². The highest BCUT2D eigenvalue weighted by Gasteiger charge is 2.31. The molecule has 24 heavy (non-hydrogen) atoms. The van der Waals surface area contributed by atoms with Gasteiger partial charge in [-0.1, -0.05) is 36.4 Å². The molecule has 0 aliphatic carbocycles. The summed E-state index contributed by atoms with van der Waals surface area (Å²) in [4.78, 5) is 24.4. The predicted molar refractivity (Wildman–Crippen MR) is 90.0 cm³/mol. The van der Waals surface area contributed by atoms with Crippen LogP contribution in [0.4, 0.5) is 5.69 Å². The maximum Gasteiger partial charge on any atom is 0.228 e. The van der Waals surface area contributed by atoms with E-state index in [0.29, 0.717) is 6.54 Å². The van der Waals surface area contributed by atoms with E-state index >= 15 is 0 Å². The molecule has 0 spiro atoms. The first kappa shape index (κ1) is 14.8. The Hall–Kier alpha value is -2.82. The van der Waals surface area contributed by atoms with Gasteiger partial charge >= 0.3 is 0 Å². The molecule has 2 amide bonds. The molecule has 2 N–H and O–H groups in total. The molecule has 0 saturated heterocycles. The van der Waals surface area contributed by atoms with Gasteiger partial charge in [-0.25, -0.2) is 0 Å². The van der Waals surface area contributed by atoms with Crippen LogP contribution in [0.3, 0.4) is 0 Å². The molecule has 0 unspecified atom stereocenters. The molecule has 0 radical (unpaired) electrons. The van der Waals surface area contributed by atoms with E-state index in [9.17, 15) is 9.59 Å². The smallest absolute Gasteiger partial charge is 0.228 e. The van der Waals surface area contributed by atoms with E-state index in [1.165, 1.54) is 5.56 Å². The number of ether oxygens (including phenoxy) is 1. The molecule has 5 heteroatoms. The summed E-state index contributed by atoms with van der Waals surface area (Å²) in [7, 11) is 0. The zero-order valence-corrected chi connectivity index (χ0v) is 13.1. The Morgan fingerprint density at radius 2 is 1.92 bits per heavy atom. The number of nitrogens with one attached hydrogen (secondary N) is 2. The number of amides is 2. The van der Waals surface area contributed by atoms with E-state index in [1.807, 2.05) is 48.5 Å². The summed E-state index contributed by atoms with van der Waals surface area (Å²) >= 11 is 0. The quantitative estimate of drug-likeness (QED) is 0.910. The third-order valence-electron chi connectivity index (χ3n) is 4.53. The first-order valence-corrected chi connectivity index (χ1v) is 8.12. The Morgan fingerprint density at radius 3 is 2.79 bits per heavy atom. The molecule has 0 fully saturated rings. The van der Waals surface area contributed by atoms with Gasteiger partial charge in [0, 0.05) is 18.5 Å². The lowest BCUT2D eigenvalue weighted by Gasteiger charge is -2.25. The van der Waals surface area contributed by atoms with E-state index in [4.69, 9.17) is 4.74 Å². The summed E-state index contributed by atoms with van der Waals surface area (Å²) in [6.45, 7) is 0.438. The van der Waals surface area contributed by atoms with Crippen molar-refractivity contribution in [2.75, 3.05) is 11.9 Å². The van der Waals surface area contributed by atoms with Crippen molar-refractivity contribution in [3.8, 4) is 5.75 Å². The Kier molecular flexibility index (Phi) is 3.69. The molecule has 0 saturated carbocycles. The standard InChI is InChI=1S/C19H18N2O3/c22-18-10-15(14-6-2-3-7-16(14)21-18)19(23)20-11-13-9-12-5-1-4-8-17(12)24-13/h1-8,13,15H,9-11H2,(H,20,23)(H,21,22)/t13-,15+/m0/s1. The van der Waals surface area contributed by atoms with Crippen molar-refractivity contribution in [1.29, 1.82) is 0 Å². The third kappa shape index (κ3) is 2.73. The lowest BCUT2D eigenvalue weighted by molar-refractivity contribution is -0.126. The predicted octanol–water partition coefficient (Wildman–Crippen LogP) is 2.23. The van der Waals surface area contributed by atoms with Gasteiger partial charge in [-0.3, -0.25) is 9.59 Å². The van der Waals surface area contributed by atoms with Crippen LogP contribution in [0.1, 0.15) is 23.5 Å². The summed E-state index contributed by atoms with van der Waals surface area (Å²) in [5, 5.41) is 5.76. The van der Waals surface area contributed by atoms with Gasteiger partial charge in [-0.05, 0) is 23.3 Å². The molecule has 4 rings (SSSR count). The summed E-state index contributed by atoms with van der Waals surface area (Å²) in [6, 6.07) is 15.4. The monoisotopic (exact) mass is 322 g/mol. The van der Waals surface area contributed by atoms with E-state index in [0.717, 1.165) is 23.4 Å². The second-order valence-electron chi connectivity index (χ2n) is 6.19. The van der Waals surface area contributed by atoms with Crippen LogP contribution in [-0.2, 0) is 16.0 Å². The van der Waals surface area contributed by atoms with Crippen LogP contribution in [0.5, 0.6) is 5.75 Å². The zero-order valence-electron chi connectivity index (χ0n) is 13.1. The minimum Gasteiger partial charge on any atom is -0.488 e. The maximum absolute atomic E-state index is 12.6. The molecule has 5 nitrogen and oxygen atoms in total. The van der Waals surface area contributed by atoms with Crippen molar-refractivity contribution >= 4 is 17.5 Å². The Bertz CT molecular complexity index is 778. The normalized spacial score (nSPS) is 21.2. The van der Waals surface area contributed by atoms with Gasteiger partial charge in [0.1, 0.15) is 11.9 Å². The second kappa shape index (κ2) is 6.00. The molecular weight excluding hydrogens is 304 g/mol. The van der Waals surface area contributed by atoms with E-state index in [2.05, 4.69) is 10.6 Å². The molecule has 2 atom stereocenters. The average molecular weight is 322 g/mol. The molecule has 0 bridgehead atoms. The van der Waals surface area contributed by atoms with Crippen LogP contribution >= 0.6 is 0 Å². The number of hydrogen-bond acceptors (Lipinski definition) is 3. The van der Waals surface area contributed by atoms with Gasteiger partial charge in [0.15, 0.2) is 0 Å². The molecule has 2 aliphatic heterocycles. The lowest BCUT2D eigenvalue weighted by Crippen LogP contribution is -2.39. The van der Waals surface area contributed by atoms with E-state index in [-0.39, 0.29) is 24.3 Å². The number of benzene rings is 2. The summed E-state index contributed by atoms with van der Waals surface area (Å²) in [5.41, 5.74) is 2.75. The highest BCUT2D eigenvalue weighted by Crippen LogP contribution is 2.32. The molecule has 2 heterocycles. The van der Waals surface area contributed by atoms with Gasteiger partial charge in [0.05, 0.1) is 12.5 Å². The van der Waals surface area contributed by atoms with Gasteiger partial charge in [0.2, 0.25) is 11.8 Å². The Morgan fingerprint density at radius 1 is 1.12 bits per heavy atom. The van der Waals surface area contributed by atoms with Gasteiger partial charge in [0.25, 0.3) is 0 Å². The molecule has 2 aromatic carbocycles. The number of hydrogen-bond donors (Lipinski definition) is 2. The SMILES string of the molecule is O=C1C[C@@H](C(=O)NC[C@@H]2Cc3ccccc3O2)c2ccccc2N1. The van der Waals surface area contributed by atoms with Crippen LogP contribution in [0, 0.1) is 0 Å². The summed E-state index contributed by atoms with van der Waals surface area (Å²) < 4.78 is 5.84. The van der Waals surface area contributed by atoms with Crippen molar-refractivity contribution < 1.29 is 14.3 Å². The molecule has 0 aromatic heterocycles. The van der Waals surface area contributed by atoms with Crippen LogP contribution in [0.25, 0.3) is 0 Å². The van der Waals surface area contributed by atoms with E-state index in [1.54, 1.807) is 0 Å². The highest BCUT2D eigenvalue weighted by molar-refractivity contribution is 6.01. The highest BCUT2D eigenvalue weighted by atomic mass is 16.5. The van der Waals surface area contributed by atoms with Crippen molar-refractivity contribution in [1.82, 2.24) is 5.32 Å². The third-order valence-corrected chi connectivity index (χ3v) is 4.53. The first-order valence-electron chi connectivity index (χ1n) is 8.12. The van der Waals surface area contributed by atoms with Gasteiger partial charge in [-0.2, -0.15) is 0 Å². The number of rotatable bonds is 3. The molecule has 2 aromatic rings. The van der Waals surface area contributed by atoms with Crippen molar-refractivity contribution in [3.63, 3.8) is 0 Å². The van der Waals surface area contributed by atoms with Crippen molar-refractivity contribution in [2.45, 2.75) is 24.9 Å². The van der Waals surface area contributed by atoms with Crippen molar-refractivity contribution in [3.05, 3.63) is 59.7 Å². The summed E-state index contributed by atoms with van der Waals surface area (Å²) in [6.07, 6.45) is 0.909. The Labute approximate surface area is 140 Å². The number of anilines is 1. The molecule has 2 aliphatic rings. The van der Waals surface area contributed by atoms with Crippen molar-refractivity contribution in [2.24, 2.45) is 0 Å². The second-order valence-corrected chi connectivity index (χ2v) is 6.19. The fraction of sp³-hybridized carbons (Fsp3) is 0.263. The number of carbonyl (C=O) groups is 2. The fourth-order valence-electron chi connectivity index (χ4n) is 3.35. The Balaban J connectivity index is 1.42. The van der Waals surface area contributed by atoms with Gasteiger partial charge in [-0.15, -0.1) is 0 Å². The average Bonchev–Trinajstić information content (AvgIpc) is 3.02. The number of carbonyl (C=O) groups excluding carboxylic acids is 2. The minimum atomic E-state index is -0.446. The van der Waals surface area contributed by atoms with Gasteiger partial charge < -0.3 is 15.4 Å². The maximum atomic E-state index is 12.6. The zero-order chi connectivity index (χ0) is 16.5. The molecule has 122 valence electrons. The fourth-order valence-corrected chi connectivity index (χ4v) is 3.35. The largest absolute Gasteiger partial charge is 0.488 e. The lowest BCUT2D eigenvalue weighted by atomic mass is 9.90. The van der Waals surface area contributed by atoms with Crippen LogP contribution in [0.15, 0.2) is 48.5 Å². The van der Waals surface area contributed by atoms with Crippen LogP contribution < -0.4 is 15.4 Å². The number of para-hydroxylation sites is 2.